The summed E-state index contributed by atoms with van der Waals surface area (Å²) >= 11 is 0. The Morgan fingerprint density at radius 1 is 1.44 bits per heavy atom. The highest BCUT2D eigenvalue weighted by Gasteiger charge is 2.30. The zero-order valence-corrected chi connectivity index (χ0v) is 9.60. The number of carboxylic acids is 1. The molecule has 0 aromatic heterocycles. The smallest absolute Gasteiger partial charge is 0.323 e. The summed E-state index contributed by atoms with van der Waals surface area (Å²) in [7, 11) is 0. The molecule has 1 N–H and O–H groups in total. The van der Waals surface area contributed by atoms with E-state index in [1.54, 1.807) is 0 Å². The first-order valence-corrected chi connectivity index (χ1v) is 5.57. The molecule has 18 heavy (non-hydrogen) atoms. The van der Waals surface area contributed by atoms with Crippen LogP contribution in [-0.4, -0.2) is 41.8 Å². The summed E-state index contributed by atoms with van der Waals surface area (Å²) in [6.45, 7) is 0.662. The van der Waals surface area contributed by atoms with Gasteiger partial charge >= 0.3 is 5.97 Å². The van der Waals surface area contributed by atoms with Crippen LogP contribution in [0.2, 0.25) is 0 Å². The van der Waals surface area contributed by atoms with Crippen LogP contribution < -0.4 is 0 Å². The summed E-state index contributed by atoms with van der Waals surface area (Å²) in [6, 6.07) is 2.74. The van der Waals surface area contributed by atoms with Crippen LogP contribution in [0.1, 0.15) is 5.56 Å². The predicted octanol–water partition coefficient (Wildman–Crippen LogP) is 1.25. The van der Waals surface area contributed by atoms with E-state index in [2.05, 4.69) is 0 Å². The van der Waals surface area contributed by atoms with E-state index in [9.17, 15) is 13.6 Å². The van der Waals surface area contributed by atoms with Crippen LogP contribution in [0.25, 0.3) is 0 Å². The number of ether oxygens (including phenoxy) is 1. The number of hydrogen-bond donors (Lipinski definition) is 1. The quantitative estimate of drug-likeness (QED) is 0.885. The van der Waals surface area contributed by atoms with Crippen molar-refractivity contribution < 1.29 is 23.4 Å². The van der Waals surface area contributed by atoms with Crippen LogP contribution in [0.4, 0.5) is 8.78 Å². The summed E-state index contributed by atoms with van der Waals surface area (Å²) in [6.07, 6.45) is 0. The predicted molar refractivity (Wildman–Crippen MR) is 59.0 cm³/mol. The van der Waals surface area contributed by atoms with Gasteiger partial charge in [-0.25, -0.2) is 8.78 Å². The van der Waals surface area contributed by atoms with E-state index in [0.717, 1.165) is 12.1 Å². The SMILES string of the molecule is O=C(O)C1COCCN1Cc1c(F)cccc1F. The highest BCUT2D eigenvalue weighted by molar-refractivity contribution is 5.73. The van der Waals surface area contributed by atoms with Gasteiger partial charge in [0, 0.05) is 18.7 Å². The van der Waals surface area contributed by atoms with Crippen molar-refractivity contribution in [3.63, 3.8) is 0 Å². The minimum absolute atomic E-state index is 0.0331. The zero-order chi connectivity index (χ0) is 13.1. The molecule has 1 unspecified atom stereocenters. The van der Waals surface area contributed by atoms with E-state index in [1.807, 2.05) is 0 Å². The molecule has 0 amide bonds. The van der Waals surface area contributed by atoms with Crippen molar-refractivity contribution in [2.75, 3.05) is 19.8 Å². The van der Waals surface area contributed by atoms with Gasteiger partial charge in [-0.3, -0.25) is 9.69 Å². The van der Waals surface area contributed by atoms with Crippen LogP contribution in [0, 0.1) is 11.6 Å². The van der Waals surface area contributed by atoms with E-state index in [4.69, 9.17) is 9.84 Å². The van der Waals surface area contributed by atoms with Crippen molar-refractivity contribution in [2.45, 2.75) is 12.6 Å². The fourth-order valence-corrected chi connectivity index (χ4v) is 1.94. The summed E-state index contributed by atoms with van der Waals surface area (Å²) in [5.74, 6) is -2.37. The lowest BCUT2D eigenvalue weighted by Gasteiger charge is -2.32. The largest absolute Gasteiger partial charge is 0.480 e. The molecule has 1 saturated heterocycles. The molecular formula is C12H13F2NO3. The molecule has 0 saturated carbocycles. The van der Waals surface area contributed by atoms with Gasteiger partial charge < -0.3 is 9.84 Å². The number of halogens is 2. The molecule has 0 radical (unpaired) electrons. The van der Waals surface area contributed by atoms with Crippen LogP contribution in [-0.2, 0) is 16.1 Å². The fourth-order valence-electron chi connectivity index (χ4n) is 1.94. The van der Waals surface area contributed by atoms with Crippen molar-refractivity contribution in [1.29, 1.82) is 0 Å². The van der Waals surface area contributed by atoms with Gasteiger partial charge in [0.1, 0.15) is 17.7 Å². The van der Waals surface area contributed by atoms with Gasteiger partial charge in [0.15, 0.2) is 0 Å². The molecule has 1 atom stereocenters. The number of morpholine rings is 1. The molecule has 1 aliphatic rings. The Kier molecular flexibility index (Phi) is 3.88. The minimum Gasteiger partial charge on any atom is -0.480 e. The molecule has 2 rings (SSSR count). The van der Waals surface area contributed by atoms with Crippen molar-refractivity contribution in [3.05, 3.63) is 35.4 Å². The molecule has 0 spiro atoms. The average molecular weight is 257 g/mol. The van der Waals surface area contributed by atoms with Crippen LogP contribution in [0.3, 0.4) is 0 Å². The summed E-state index contributed by atoms with van der Waals surface area (Å²) in [4.78, 5) is 12.5. The van der Waals surface area contributed by atoms with Gasteiger partial charge in [0.2, 0.25) is 0 Å². The molecule has 6 heteroatoms. The van der Waals surface area contributed by atoms with E-state index < -0.39 is 23.6 Å². The van der Waals surface area contributed by atoms with Gasteiger partial charge in [0.05, 0.1) is 13.2 Å². The maximum Gasteiger partial charge on any atom is 0.323 e. The van der Waals surface area contributed by atoms with Crippen molar-refractivity contribution in [1.82, 2.24) is 4.90 Å². The summed E-state index contributed by atoms with van der Waals surface area (Å²) in [5, 5.41) is 9.02. The Hall–Kier alpha value is -1.53. The van der Waals surface area contributed by atoms with Crippen molar-refractivity contribution >= 4 is 5.97 Å². The molecular weight excluding hydrogens is 244 g/mol. The topological polar surface area (TPSA) is 49.8 Å². The maximum atomic E-state index is 13.5. The number of nitrogens with zero attached hydrogens (tertiary/aromatic N) is 1. The second-order valence-electron chi connectivity index (χ2n) is 4.10. The molecule has 1 aromatic carbocycles. The fraction of sp³-hybridized carbons (Fsp3) is 0.417. The third kappa shape index (κ3) is 2.65. The van der Waals surface area contributed by atoms with Gasteiger partial charge in [-0.05, 0) is 12.1 Å². The van der Waals surface area contributed by atoms with Gasteiger partial charge in [-0.15, -0.1) is 0 Å². The van der Waals surface area contributed by atoms with E-state index >= 15 is 0 Å². The van der Waals surface area contributed by atoms with Gasteiger partial charge in [-0.2, -0.15) is 0 Å². The number of carboxylic acid groups (broad SMARTS) is 1. The van der Waals surface area contributed by atoms with Crippen LogP contribution in [0.5, 0.6) is 0 Å². The van der Waals surface area contributed by atoms with E-state index in [1.165, 1.54) is 11.0 Å². The first kappa shape index (κ1) is 12.9. The molecule has 1 heterocycles. The maximum absolute atomic E-state index is 13.5. The van der Waals surface area contributed by atoms with E-state index in [0.29, 0.717) is 13.2 Å². The Labute approximate surface area is 103 Å². The second-order valence-corrected chi connectivity index (χ2v) is 4.10. The molecule has 0 bridgehead atoms. The molecule has 1 aliphatic heterocycles. The number of aliphatic carboxylic acids is 1. The molecule has 4 nitrogen and oxygen atoms in total. The van der Waals surface area contributed by atoms with E-state index in [-0.39, 0.29) is 18.7 Å². The number of carbonyl (C=O) groups is 1. The highest BCUT2D eigenvalue weighted by atomic mass is 19.1. The van der Waals surface area contributed by atoms with Crippen LogP contribution in [0.15, 0.2) is 18.2 Å². The number of hydrogen-bond acceptors (Lipinski definition) is 3. The summed E-state index contributed by atoms with van der Waals surface area (Å²) in [5.41, 5.74) is -0.106. The highest BCUT2D eigenvalue weighted by Crippen LogP contribution is 2.18. The average Bonchev–Trinajstić information content (AvgIpc) is 2.34. The first-order chi connectivity index (χ1) is 8.59. The zero-order valence-electron chi connectivity index (χ0n) is 9.60. The Balaban J connectivity index is 2.18. The normalized spacial score (nSPS) is 20.9. The van der Waals surface area contributed by atoms with Crippen LogP contribution >= 0.6 is 0 Å². The van der Waals surface area contributed by atoms with Crippen molar-refractivity contribution in [3.8, 4) is 0 Å². The minimum atomic E-state index is -1.05. The second kappa shape index (κ2) is 5.41. The molecule has 1 fully saturated rings. The molecule has 0 aliphatic carbocycles. The third-order valence-corrected chi connectivity index (χ3v) is 2.95. The lowest BCUT2D eigenvalue weighted by atomic mass is 10.1. The lowest BCUT2D eigenvalue weighted by molar-refractivity contribution is -0.150. The molecule has 98 valence electrons. The Morgan fingerprint density at radius 2 is 2.11 bits per heavy atom. The van der Waals surface area contributed by atoms with Gasteiger partial charge in [0.25, 0.3) is 0 Å². The number of benzene rings is 1. The summed E-state index contributed by atoms with van der Waals surface area (Å²) < 4.78 is 32.0. The van der Waals surface area contributed by atoms with Crippen molar-refractivity contribution in [2.24, 2.45) is 0 Å². The molecule has 1 aromatic rings. The monoisotopic (exact) mass is 257 g/mol. The first-order valence-electron chi connectivity index (χ1n) is 5.57. The Bertz CT molecular complexity index is 433. The standard InChI is InChI=1S/C12H13F2NO3/c13-9-2-1-3-10(14)8(9)6-15-4-5-18-7-11(15)12(16)17/h1-3,11H,4-7H2,(H,16,17). The Morgan fingerprint density at radius 3 is 2.72 bits per heavy atom. The number of rotatable bonds is 3. The lowest BCUT2D eigenvalue weighted by Crippen LogP contribution is -2.49. The van der Waals surface area contributed by atoms with Gasteiger partial charge in [-0.1, -0.05) is 6.07 Å². The third-order valence-electron chi connectivity index (χ3n) is 2.95.